The van der Waals surface area contributed by atoms with Crippen LogP contribution in [0.4, 0.5) is 0 Å². The molecular weight excluding hydrogens is 146 g/mol. The zero-order valence-corrected chi connectivity index (χ0v) is 8.98. The maximum absolute atomic E-state index is 3.52. The van der Waals surface area contributed by atoms with Crippen molar-refractivity contribution >= 4 is 0 Å². The van der Waals surface area contributed by atoms with Crippen molar-refractivity contribution in [3.63, 3.8) is 0 Å². The van der Waals surface area contributed by atoms with Crippen LogP contribution < -0.4 is 5.32 Å². The van der Waals surface area contributed by atoms with E-state index in [9.17, 15) is 0 Å². The highest BCUT2D eigenvalue weighted by molar-refractivity contribution is 4.99. The van der Waals surface area contributed by atoms with E-state index < -0.39 is 0 Å². The molecule has 72 valence electrons. The smallest absolute Gasteiger partial charge is 0.00104 e. The molecule has 0 aromatic carbocycles. The fourth-order valence-electron chi connectivity index (χ4n) is 2.08. The van der Waals surface area contributed by atoms with Crippen LogP contribution in [0.25, 0.3) is 0 Å². The lowest BCUT2D eigenvalue weighted by atomic mass is 10.0. The molecule has 12 heavy (non-hydrogen) atoms. The molecule has 1 aliphatic carbocycles. The first-order valence-corrected chi connectivity index (χ1v) is 5.32. The second-order valence-electron chi connectivity index (χ2n) is 4.87. The van der Waals surface area contributed by atoms with Gasteiger partial charge in [-0.25, -0.2) is 0 Å². The Morgan fingerprint density at radius 2 is 2.17 bits per heavy atom. The summed E-state index contributed by atoms with van der Waals surface area (Å²) in [4.78, 5) is 0. The minimum absolute atomic E-state index is 0.650. The summed E-state index contributed by atoms with van der Waals surface area (Å²) in [5.74, 6) is 0.958. The second kappa shape index (κ2) is 3.78. The van der Waals surface area contributed by atoms with Crippen molar-refractivity contribution < 1.29 is 0 Å². The summed E-state index contributed by atoms with van der Waals surface area (Å²) in [7, 11) is 0. The Balaban J connectivity index is 2.14. The molecule has 2 atom stereocenters. The van der Waals surface area contributed by atoms with Crippen LogP contribution in [0.5, 0.6) is 0 Å². The Kier molecular flexibility index (Phi) is 3.16. The maximum atomic E-state index is 3.52. The first kappa shape index (κ1) is 10.0. The highest BCUT2D eigenvalue weighted by atomic mass is 14.9. The lowest BCUT2D eigenvalue weighted by Gasteiger charge is -2.11. The molecule has 0 aliphatic heterocycles. The molecule has 0 heterocycles. The van der Waals surface area contributed by atoms with Gasteiger partial charge in [0.15, 0.2) is 0 Å². The minimum atomic E-state index is 0.650. The average Bonchev–Trinajstić information content (AvgIpc) is 2.58. The van der Waals surface area contributed by atoms with Crippen LogP contribution in [0.15, 0.2) is 0 Å². The molecule has 0 radical (unpaired) electrons. The van der Waals surface area contributed by atoms with E-state index in [1.807, 2.05) is 0 Å². The zero-order valence-electron chi connectivity index (χ0n) is 8.98. The van der Waals surface area contributed by atoms with E-state index in [4.69, 9.17) is 0 Å². The van der Waals surface area contributed by atoms with Crippen LogP contribution >= 0.6 is 0 Å². The average molecular weight is 169 g/mol. The zero-order chi connectivity index (χ0) is 9.19. The van der Waals surface area contributed by atoms with Crippen molar-refractivity contribution in [2.45, 2.75) is 53.0 Å². The fraction of sp³-hybridized carbons (Fsp3) is 1.00. The van der Waals surface area contributed by atoms with Crippen LogP contribution in [-0.4, -0.2) is 12.6 Å². The van der Waals surface area contributed by atoms with Crippen LogP contribution in [0, 0.1) is 11.3 Å². The first-order chi connectivity index (χ1) is 5.58. The monoisotopic (exact) mass is 169 g/mol. The summed E-state index contributed by atoms with van der Waals surface area (Å²) < 4.78 is 0. The highest BCUT2D eigenvalue weighted by Crippen LogP contribution is 2.54. The minimum Gasteiger partial charge on any atom is -0.314 e. The quantitative estimate of drug-likeness (QED) is 0.667. The lowest BCUT2D eigenvalue weighted by molar-refractivity contribution is 0.429. The normalized spacial score (nSPS) is 34.2. The van der Waals surface area contributed by atoms with Gasteiger partial charge in [-0.2, -0.15) is 0 Å². The maximum Gasteiger partial charge on any atom is 0.00104 e. The van der Waals surface area contributed by atoms with Gasteiger partial charge in [0.25, 0.3) is 0 Å². The Bertz CT molecular complexity index is 142. The van der Waals surface area contributed by atoms with Gasteiger partial charge in [0.2, 0.25) is 0 Å². The molecule has 2 unspecified atom stereocenters. The van der Waals surface area contributed by atoms with Gasteiger partial charge in [-0.3, -0.25) is 0 Å². The Morgan fingerprint density at radius 1 is 1.50 bits per heavy atom. The highest BCUT2D eigenvalue weighted by Gasteiger charge is 2.48. The largest absolute Gasteiger partial charge is 0.314 e. The molecule has 1 fully saturated rings. The third-order valence-electron chi connectivity index (χ3n) is 3.13. The Labute approximate surface area is 76.9 Å². The van der Waals surface area contributed by atoms with Gasteiger partial charge < -0.3 is 5.32 Å². The van der Waals surface area contributed by atoms with Gasteiger partial charge in [0, 0.05) is 6.04 Å². The summed E-state index contributed by atoms with van der Waals surface area (Å²) in [6.45, 7) is 10.4. The predicted molar refractivity (Wildman–Crippen MR) is 54.3 cm³/mol. The molecule has 1 N–H and O–H groups in total. The predicted octanol–water partition coefficient (Wildman–Crippen LogP) is 2.81. The molecule has 0 amide bonds. The third kappa shape index (κ3) is 2.48. The van der Waals surface area contributed by atoms with E-state index in [2.05, 4.69) is 33.0 Å². The first-order valence-electron chi connectivity index (χ1n) is 5.32. The summed E-state index contributed by atoms with van der Waals surface area (Å²) >= 11 is 0. The van der Waals surface area contributed by atoms with E-state index in [0.717, 1.165) is 5.92 Å². The van der Waals surface area contributed by atoms with E-state index in [1.165, 1.54) is 25.8 Å². The number of rotatable bonds is 5. The standard InChI is InChI=1S/C11H23N/c1-5-6-11(4)7-10(11)8-12-9(2)3/h9-10,12H,5-8H2,1-4H3. The lowest BCUT2D eigenvalue weighted by Crippen LogP contribution is -2.26. The topological polar surface area (TPSA) is 12.0 Å². The summed E-state index contributed by atoms with van der Waals surface area (Å²) in [6, 6.07) is 0.650. The van der Waals surface area contributed by atoms with Crippen LogP contribution in [0.1, 0.15) is 47.0 Å². The molecule has 0 saturated heterocycles. The van der Waals surface area contributed by atoms with Crippen molar-refractivity contribution in [1.29, 1.82) is 0 Å². The van der Waals surface area contributed by atoms with Gasteiger partial charge in [0.1, 0.15) is 0 Å². The molecule has 0 aromatic heterocycles. The molecule has 1 rings (SSSR count). The van der Waals surface area contributed by atoms with Crippen molar-refractivity contribution in [2.75, 3.05) is 6.54 Å². The molecule has 0 spiro atoms. The van der Waals surface area contributed by atoms with E-state index >= 15 is 0 Å². The number of hydrogen-bond donors (Lipinski definition) is 1. The number of nitrogens with one attached hydrogen (secondary N) is 1. The van der Waals surface area contributed by atoms with Crippen molar-refractivity contribution in [2.24, 2.45) is 11.3 Å². The van der Waals surface area contributed by atoms with E-state index in [-0.39, 0.29) is 0 Å². The van der Waals surface area contributed by atoms with Gasteiger partial charge in [-0.1, -0.05) is 34.1 Å². The Hall–Kier alpha value is -0.0400. The van der Waals surface area contributed by atoms with E-state index in [0.29, 0.717) is 11.5 Å². The third-order valence-corrected chi connectivity index (χ3v) is 3.13. The summed E-state index contributed by atoms with van der Waals surface area (Å²) in [5.41, 5.74) is 0.691. The fourth-order valence-corrected chi connectivity index (χ4v) is 2.08. The van der Waals surface area contributed by atoms with Crippen molar-refractivity contribution in [1.82, 2.24) is 5.32 Å². The van der Waals surface area contributed by atoms with Crippen LogP contribution in [0.3, 0.4) is 0 Å². The van der Waals surface area contributed by atoms with Crippen LogP contribution in [-0.2, 0) is 0 Å². The summed E-state index contributed by atoms with van der Waals surface area (Å²) in [6.07, 6.45) is 4.20. The molecule has 1 nitrogen and oxygen atoms in total. The second-order valence-corrected chi connectivity index (χ2v) is 4.87. The number of hydrogen-bond acceptors (Lipinski definition) is 1. The molecule has 0 bridgehead atoms. The summed E-state index contributed by atoms with van der Waals surface area (Å²) in [5, 5.41) is 3.52. The van der Waals surface area contributed by atoms with Gasteiger partial charge in [0.05, 0.1) is 0 Å². The van der Waals surface area contributed by atoms with Crippen LogP contribution in [0.2, 0.25) is 0 Å². The van der Waals surface area contributed by atoms with Gasteiger partial charge in [-0.05, 0) is 30.7 Å². The molecular formula is C11H23N. The van der Waals surface area contributed by atoms with Gasteiger partial charge in [-0.15, -0.1) is 0 Å². The Morgan fingerprint density at radius 3 is 2.67 bits per heavy atom. The molecule has 1 heteroatoms. The van der Waals surface area contributed by atoms with E-state index in [1.54, 1.807) is 0 Å². The molecule has 0 aromatic rings. The van der Waals surface area contributed by atoms with Gasteiger partial charge >= 0.3 is 0 Å². The van der Waals surface area contributed by atoms with Crippen molar-refractivity contribution in [3.05, 3.63) is 0 Å². The SMILES string of the molecule is CCCC1(C)CC1CNC(C)C. The molecule has 1 aliphatic rings. The molecule has 1 saturated carbocycles. The van der Waals surface area contributed by atoms with Crippen molar-refractivity contribution in [3.8, 4) is 0 Å².